The van der Waals surface area contributed by atoms with Crippen molar-refractivity contribution in [1.82, 2.24) is 5.32 Å². The molecule has 0 saturated heterocycles. The second kappa shape index (κ2) is 16.4. The van der Waals surface area contributed by atoms with Crippen molar-refractivity contribution in [2.75, 3.05) is 26.2 Å². The highest BCUT2D eigenvalue weighted by atomic mass is 19.0. The van der Waals surface area contributed by atoms with E-state index in [1.165, 1.54) is 0 Å². The summed E-state index contributed by atoms with van der Waals surface area (Å²) in [5.74, 6) is 0. The van der Waals surface area contributed by atoms with Gasteiger partial charge in [-0.25, -0.2) is 0 Å². The van der Waals surface area contributed by atoms with Crippen LogP contribution in [0.4, 0.5) is 9.41 Å². The molecule has 0 aliphatic rings. The Labute approximate surface area is 65.7 Å². The largest absolute Gasteiger partial charge is 0.396 e. The van der Waals surface area contributed by atoms with Gasteiger partial charge in [0.15, 0.2) is 0 Å². The van der Waals surface area contributed by atoms with Crippen molar-refractivity contribution in [3.8, 4) is 0 Å². The zero-order valence-electron chi connectivity index (χ0n) is 6.58. The smallest absolute Gasteiger partial charge is 0.0443 e. The van der Waals surface area contributed by atoms with E-state index in [1.807, 2.05) is 0 Å². The number of hydrogen-bond donors (Lipinski definition) is 3. The van der Waals surface area contributed by atoms with Gasteiger partial charge >= 0.3 is 0 Å². The minimum Gasteiger partial charge on any atom is -0.396 e. The maximum atomic E-state index is 8.36. The van der Waals surface area contributed by atoms with Gasteiger partial charge in [-0.15, -0.1) is 0 Å². The molecule has 0 aliphatic carbocycles. The third-order valence-electron chi connectivity index (χ3n) is 1.07. The summed E-state index contributed by atoms with van der Waals surface area (Å²) in [5.41, 5.74) is 5.25. The minimum absolute atomic E-state index is 0. The monoisotopic (exact) mass is 172 g/mol. The molecule has 0 aliphatic heterocycles. The van der Waals surface area contributed by atoms with Crippen LogP contribution in [0.3, 0.4) is 0 Å². The van der Waals surface area contributed by atoms with Gasteiger partial charge in [0.2, 0.25) is 0 Å². The SMILES string of the molecule is F.F.NCCCNCCCO. The molecule has 11 heavy (non-hydrogen) atoms. The van der Waals surface area contributed by atoms with E-state index < -0.39 is 0 Å². The maximum absolute atomic E-state index is 8.36. The summed E-state index contributed by atoms with van der Waals surface area (Å²) in [6.07, 6.45) is 1.86. The van der Waals surface area contributed by atoms with Crippen LogP contribution in [-0.2, 0) is 0 Å². The van der Waals surface area contributed by atoms with E-state index >= 15 is 0 Å². The van der Waals surface area contributed by atoms with Crippen molar-refractivity contribution in [2.24, 2.45) is 5.73 Å². The first kappa shape index (κ1) is 17.0. The van der Waals surface area contributed by atoms with Gasteiger partial charge < -0.3 is 16.2 Å². The van der Waals surface area contributed by atoms with Crippen LogP contribution in [0.1, 0.15) is 12.8 Å². The summed E-state index contributed by atoms with van der Waals surface area (Å²) in [5, 5.41) is 11.5. The summed E-state index contributed by atoms with van der Waals surface area (Å²) in [6.45, 7) is 2.88. The van der Waals surface area contributed by atoms with E-state index in [9.17, 15) is 0 Å². The summed E-state index contributed by atoms with van der Waals surface area (Å²) < 4.78 is 0. The van der Waals surface area contributed by atoms with E-state index in [4.69, 9.17) is 10.8 Å². The Kier molecular flexibility index (Phi) is 25.3. The molecular formula is C6H18F2N2O. The number of rotatable bonds is 6. The Bertz CT molecular complexity index is 51.8. The lowest BCUT2D eigenvalue weighted by Gasteiger charge is -1.99. The van der Waals surface area contributed by atoms with Crippen LogP contribution in [0.2, 0.25) is 0 Å². The first-order chi connectivity index (χ1) is 4.41. The van der Waals surface area contributed by atoms with E-state index in [1.54, 1.807) is 0 Å². The molecule has 0 aromatic heterocycles. The predicted molar refractivity (Wildman–Crippen MR) is 43.2 cm³/mol. The number of nitrogens with one attached hydrogen (secondary N) is 1. The first-order valence-corrected chi connectivity index (χ1v) is 3.43. The summed E-state index contributed by atoms with van der Waals surface area (Å²) in [6, 6.07) is 0. The molecule has 0 radical (unpaired) electrons. The van der Waals surface area contributed by atoms with Crippen molar-refractivity contribution >= 4 is 0 Å². The van der Waals surface area contributed by atoms with Crippen LogP contribution < -0.4 is 11.1 Å². The lowest BCUT2D eigenvalue weighted by Crippen LogP contribution is -2.19. The zero-order chi connectivity index (χ0) is 6.95. The predicted octanol–water partition coefficient (Wildman–Crippen LogP) is -0.388. The molecule has 0 fully saturated rings. The van der Waals surface area contributed by atoms with Gasteiger partial charge in [-0.3, -0.25) is 9.41 Å². The average molecular weight is 172 g/mol. The Hall–Kier alpha value is -0.260. The van der Waals surface area contributed by atoms with Gasteiger partial charge in [0.1, 0.15) is 0 Å². The Morgan fingerprint density at radius 1 is 1.09 bits per heavy atom. The highest BCUT2D eigenvalue weighted by Gasteiger charge is 1.83. The Morgan fingerprint density at radius 3 is 2.09 bits per heavy atom. The van der Waals surface area contributed by atoms with Gasteiger partial charge in [-0.1, -0.05) is 0 Å². The number of aliphatic hydroxyl groups is 1. The van der Waals surface area contributed by atoms with Crippen LogP contribution >= 0.6 is 0 Å². The molecule has 0 aromatic rings. The molecular weight excluding hydrogens is 154 g/mol. The van der Waals surface area contributed by atoms with Crippen molar-refractivity contribution in [1.29, 1.82) is 0 Å². The van der Waals surface area contributed by atoms with Crippen LogP contribution in [-0.4, -0.2) is 31.3 Å². The molecule has 0 heterocycles. The third-order valence-corrected chi connectivity index (χ3v) is 1.07. The summed E-state index contributed by atoms with van der Waals surface area (Å²) in [7, 11) is 0. The topological polar surface area (TPSA) is 58.3 Å². The molecule has 0 aromatic carbocycles. The fourth-order valence-electron chi connectivity index (χ4n) is 0.556. The fraction of sp³-hybridized carbons (Fsp3) is 1.00. The van der Waals surface area contributed by atoms with Crippen LogP contribution in [0.5, 0.6) is 0 Å². The lowest BCUT2D eigenvalue weighted by atomic mass is 10.4. The maximum Gasteiger partial charge on any atom is 0.0443 e. The Morgan fingerprint density at radius 2 is 1.64 bits per heavy atom. The molecule has 0 amide bonds. The van der Waals surface area contributed by atoms with E-state index in [0.717, 1.165) is 32.5 Å². The van der Waals surface area contributed by atoms with E-state index in [-0.39, 0.29) is 16.0 Å². The van der Waals surface area contributed by atoms with Crippen LogP contribution in [0, 0.1) is 0 Å². The molecule has 4 N–H and O–H groups in total. The molecule has 5 heteroatoms. The van der Waals surface area contributed by atoms with Crippen molar-refractivity contribution in [2.45, 2.75) is 12.8 Å². The van der Waals surface area contributed by atoms with Gasteiger partial charge in [0, 0.05) is 6.61 Å². The Balaban J connectivity index is -0.000000320. The number of halogens is 2. The minimum atomic E-state index is 0. The number of aliphatic hydroxyl groups excluding tert-OH is 1. The van der Waals surface area contributed by atoms with Crippen molar-refractivity contribution < 1.29 is 14.5 Å². The quantitative estimate of drug-likeness (QED) is 0.478. The highest BCUT2D eigenvalue weighted by Crippen LogP contribution is 1.73. The van der Waals surface area contributed by atoms with Gasteiger partial charge in [-0.2, -0.15) is 0 Å². The lowest BCUT2D eigenvalue weighted by molar-refractivity contribution is 0.286. The first-order valence-electron chi connectivity index (χ1n) is 3.43. The van der Waals surface area contributed by atoms with Crippen molar-refractivity contribution in [3.63, 3.8) is 0 Å². The molecule has 72 valence electrons. The third kappa shape index (κ3) is 17.7. The second-order valence-electron chi connectivity index (χ2n) is 1.97. The average Bonchev–Trinajstić information content (AvgIpc) is 1.89. The fourth-order valence-corrected chi connectivity index (χ4v) is 0.556. The van der Waals surface area contributed by atoms with Crippen LogP contribution in [0.25, 0.3) is 0 Å². The molecule has 0 unspecified atom stereocenters. The van der Waals surface area contributed by atoms with E-state index in [0.29, 0.717) is 0 Å². The van der Waals surface area contributed by atoms with Gasteiger partial charge in [0.25, 0.3) is 0 Å². The summed E-state index contributed by atoms with van der Waals surface area (Å²) >= 11 is 0. The molecule has 0 atom stereocenters. The number of nitrogens with two attached hydrogens (primary N) is 1. The van der Waals surface area contributed by atoms with E-state index in [2.05, 4.69) is 5.32 Å². The standard InChI is InChI=1S/C6H16N2O.2FH/c7-3-1-4-8-5-2-6-9;;/h8-9H,1-7H2;2*1H. The van der Waals surface area contributed by atoms with Crippen LogP contribution in [0.15, 0.2) is 0 Å². The molecule has 0 spiro atoms. The molecule has 0 rings (SSSR count). The summed E-state index contributed by atoms with van der Waals surface area (Å²) in [4.78, 5) is 0. The molecule has 0 saturated carbocycles. The van der Waals surface area contributed by atoms with Gasteiger partial charge in [0.05, 0.1) is 0 Å². The normalized spacial score (nSPS) is 8.18. The molecule has 0 bridgehead atoms. The second-order valence-corrected chi connectivity index (χ2v) is 1.97. The van der Waals surface area contributed by atoms with Gasteiger partial charge in [-0.05, 0) is 32.5 Å². The molecule has 3 nitrogen and oxygen atoms in total. The van der Waals surface area contributed by atoms with Crippen molar-refractivity contribution in [3.05, 3.63) is 0 Å². The zero-order valence-corrected chi connectivity index (χ0v) is 6.58. The highest BCUT2D eigenvalue weighted by molar-refractivity contribution is 4.46. The number of hydrogen-bond acceptors (Lipinski definition) is 3.